The van der Waals surface area contributed by atoms with Crippen LogP contribution in [0.2, 0.25) is 0 Å². The second-order valence-corrected chi connectivity index (χ2v) is 5.57. The highest BCUT2D eigenvalue weighted by molar-refractivity contribution is 8.14. The minimum Gasteiger partial charge on any atom is -0.367 e. The van der Waals surface area contributed by atoms with E-state index in [1.807, 2.05) is 48.8 Å². The van der Waals surface area contributed by atoms with Crippen LogP contribution in [-0.4, -0.2) is 27.7 Å². The molecule has 1 aromatic heterocycles. The third-order valence-corrected chi connectivity index (χ3v) is 4.20. The van der Waals surface area contributed by atoms with Gasteiger partial charge in [0.25, 0.3) is 0 Å². The Morgan fingerprint density at radius 2 is 2.20 bits per heavy atom. The summed E-state index contributed by atoms with van der Waals surface area (Å²) in [6.07, 6.45) is 3.72. The molecule has 1 aromatic carbocycles. The topological polar surface area (TPSA) is 57.2 Å². The molecule has 102 valence electrons. The van der Waals surface area contributed by atoms with E-state index in [0.717, 1.165) is 16.2 Å². The van der Waals surface area contributed by atoms with E-state index in [0.29, 0.717) is 12.3 Å². The second kappa shape index (κ2) is 5.96. The quantitative estimate of drug-likeness (QED) is 0.904. The number of nitrogens with one attached hydrogen (secondary N) is 2. The Morgan fingerprint density at radius 3 is 2.95 bits per heavy atom. The zero-order chi connectivity index (χ0) is 13.8. The van der Waals surface area contributed by atoms with Crippen LogP contribution in [0, 0.1) is 0 Å². The van der Waals surface area contributed by atoms with Gasteiger partial charge in [0.05, 0.1) is 5.04 Å². The van der Waals surface area contributed by atoms with Gasteiger partial charge < -0.3 is 10.3 Å². The normalized spacial score (nSPS) is 17.8. The smallest absolute Gasteiger partial charge is 0.245 e. The molecule has 2 N–H and O–H groups in total. The summed E-state index contributed by atoms with van der Waals surface area (Å²) in [6, 6.07) is 11.6. The summed E-state index contributed by atoms with van der Waals surface area (Å²) in [5.41, 5.74) is 2.15. The van der Waals surface area contributed by atoms with Gasteiger partial charge in [0.15, 0.2) is 0 Å². The molecule has 2 heterocycles. The van der Waals surface area contributed by atoms with Crippen LogP contribution in [0.15, 0.2) is 53.8 Å². The van der Waals surface area contributed by atoms with Gasteiger partial charge in [0.2, 0.25) is 5.91 Å². The first-order valence-corrected chi connectivity index (χ1v) is 7.47. The Balaban J connectivity index is 1.61. The number of aromatic nitrogens is 1. The minimum absolute atomic E-state index is 0.00960. The number of carbonyl (C=O) groups excluding carboxylic acids is 1. The maximum Gasteiger partial charge on any atom is 0.245 e. The number of carbonyl (C=O) groups is 1. The summed E-state index contributed by atoms with van der Waals surface area (Å²) in [5, 5.41) is 3.87. The van der Waals surface area contributed by atoms with Crippen LogP contribution < -0.4 is 5.32 Å². The van der Waals surface area contributed by atoms with Gasteiger partial charge in [0.1, 0.15) is 6.04 Å². The first-order chi connectivity index (χ1) is 9.83. The molecule has 0 bridgehead atoms. The second-order valence-electron chi connectivity index (χ2n) is 4.56. The largest absolute Gasteiger partial charge is 0.367 e. The van der Waals surface area contributed by atoms with Crippen LogP contribution in [0.25, 0.3) is 0 Å². The Labute approximate surface area is 121 Å². The zero-order valence-electron chi connectivity index (χ0n) is 10.9. The average Bonchev–Trinajstić information content (AvgIpc) is 3.17. The van der Waals surface area contributed by atoms with Crippen LogP contribution in [0.1, 0.15) is 11.1 Å². The summed E-state index contributed by atoms with van der Waals surface area (Å²) in [7, 11) is 0. The molecule has 0 aliphatic carbocycles. The zero-order valence-corrected chi connectivity index (χ0v) is 11.7. The Kier molecular flexibility index (Phi) is 3.87. The summed E-state index contributed by atoms with van der Waals surface area (Å²) in [5.74, 6) is 0.702. The SMILES string of the molecule is O=C(NCc1cc[nH]c1)C1CSC(c2ccccc2)=N1. The Morgan fingerprint density at radius 1 is 1.35 bits per heavy atom. The van der Waals surface area contributed by atoms with Crippen molar-refractivity contribution in [1.82, 2.24) is 10.3 Å². The molecule has 5 heteroatoms. The first-order valence-electron chi connectivity index (χ1n) is 6.48. The number of thioether (sulfide) groups is 1. The van der Waals surface area contributed by atoms with Crippen molar-refractivity contribution in [2.24, 2.45) is 4.99 Å². The van der Waals surface area contributed by atoms with Gasteiger partial charge in [-0.15, -0.1) is 11.8 Å². The fourth-order valence-corrected chi connectivity index (χ4v) is 3.07. The molecule has 2 aromatic rings. The lowest BCUT2D eigenvalue weighted by Gasteiger charge is -2.06. The fraction of sp³-hybridized carbons (Fsp3) is 0.200. The van der Waals surface area contributed by atoms with Crippen molar-refractivity contribution in [3.8, 4) is 0 Å². The predicted octanol–water partition coefficient (Wildman–Crippen LogP) is 2.19. The molecule has 1 amide bonds. The number of H-pyrrole nitrogens is 1. The molecule has 1 aliphatic heterocycles. The van der Waals surface area contributed by atoms with Gasteiger partial charge in [-0.2, -0.15) is 0 Å². The van der Waals surface area contributed by atoms with Gasteiger partial charge in [-0.25, -0.2) is 0 Å². The standard InChI is InChI=1S/C15H15N3OS/c19-14(17-9-11-6-7-16-8-11)13-10-20-15(18-13)12-4-2-1-3-5-12/h1-8,13,16H,9-10H2,(H,17,19). The highest BCUT2D eigenvalue weighted by Crippen LogP contribution is 2.23. The number of benzene rings is 1. The number of nitrogens with zero attached hydrogens (tertiary/aromatic N) is 1. The van der Waals surface area contributed by atoms with Gasteiger partial charge >= 0.3 is 0 Å². The number of aromatic amines is 1. The molecule has 4 nitrogen and oxygen atoms in total. The van der Waals surface area contributed by atoms with Crippen LogP contribution in [0.3, 0.4) is 0 Å². The first kappa shape index (κ1) is 13.0. The summed E-state index contributed by atoms with van der Waals surface area (Å²) in [4.78, 5) is 19.6. The lowest BCUT2D eigenvalue weighted by atomic mass is 10.2. The van der Waals surface area contributed by atoms with E-state index >= 15 is 0 Å². The fourth-order valence-electron chi connectivity index (χ4n) is 2.02. The van der Waals surface area contributed by atoms with Gasteiger partial charge in [-0.05, 0) is 11.6 Å². The molecule has 1 unspecified atom stereocenters. The van der Waals surface area contributed by atoms with E-state index in [9.17, 15) is 4.79 Å². The number of aliphatic imine (C=N–C) groups is 1. The highest BCUT2D eigenvalue weighted by atomic mass is 32.2. The van der Waals surface area contributed by atoms with E-state index in [1.165, 1.54) is 0 Å². The molecule has 1 atom stereocenters. The van der Waals surface area contributed by atoms with E-state index < -0.39 is 0 Å². The van der Waals surface area contributed by atoms with Crippen LogP contribution in [-0.2, 0) is 11.3 Å². The van der Waals surface area contributed by atoms with E-state index in [-0.39, 0.29) is 11.9 Å². The molecule has 1 aliphatic rings. The van der Waals surface area contributed by atoms with E-state index in [4.69, 9.17) is 0 Å². The van der Waals surface area contributed by atoms with Gasteiger partial charge in [0, 0.05) is 30.3 Å². The maximum atomic E-state index is 12.1. The number of hydrogen-bond acceptors (Lipinski definition) is 3. The third kappa shape index (κ3) is 2.93. The lowest BCUT2D eigenvalue weighted by molar-refractivity contribution is -0.121. The maximum absolute atomic E-state index is 12.1. The molecule has 3 rings (SSSR count). The van der Waals surface area contributed by atoms with Crippen LogP contribution >= 0.6 is 11.8 Å². The molecule has 0 spiro atoms. The van der Waals surface area contributed by atoms with Crippen molar-refractivity contribution in [2.45, 2.75) is 12.6 Å². The van der Waals surface area contributed by atoms with Gasteiger partial charge in [-0.3, -0.25) is 9.79 Å². The van der Waals surface area contributed by atoms with Crippen molar-refractivity contribution >= 4 is 22.7 Å². The number of rotatable bonds is 4. The molecule has 20 heavy (non-hydrogen) atoms. The lowest BCUT2D eigenvalue weighted by Crippen LogP contribution is -2.33. The average molecular weight is 285 g/mol. The molecule has 0 saturated heterocycles. The minimum atomic E-state index is -0.283. The third-order valence-electron chi connectivity index (χ3n) is 3.10. The monoisotopic (exact) mass is 285 g/mol. The van der Waals surface area contributed by atoms with Crippen molar-refractivity contribution in [3.63, 3.8) is 0 Å². The molecule has 0 saturated carbocycles. The van der Waals surface area contributed by atoms with Crippen molar-refractivity contribution in [3.05, 3.63) is 59.9 Å². The number of hydrogen-bond donors (Lipinski definition) is 2. The predicted molar refractivity (Wildman–Crippen MR) is 81.9 cm³/mol. The van der Waals surface area contributed by atoms with Crippen molar-refractivity contribution in [1.29, 1.82) is 0 Å². The van der Waals surface area contributed by atoms with Crippen LogP contribution in [0.4, 0.5) is 0 Å². The van der Waals surface area contributed by atoms with Crippen LogP contribution in [0.5, 0.6) is 0 Å². The summed E-state index contributed by atoms with van der Waals surface area (Å²) < 4.78 is 0. The molecule has 0 radical (unpaired) electrons. The number of amides is 1. The molecular weight excluding hydrogens is 270 g/mol. The Hall–Kier alpha value is -2.01. The molecular formula is C15H15N3OS. The molecule has 0 fully saturated rings. The summed E-state index contributed by atoms with van der Waals surface area (Å²) in [6.45, 7) is 0.541. The van der Waals surface area contributed by atoms with Crippen molar-refractivity contribution in [2.75, 3.05) is 5.75 Å². The van der Waals surface area contributed by atoms with E-state index in [1.54, 1.807) is 11.8 Å². The van der Waals surface area contributed by atoms with Crippen molar-refractivity contribution < 1.29 is 4.79 Å². The van der Waals surface area contributed by atoms with E-state index in [2.05, 4.69) is 15.3 Å². The summed E-state index contributed by atoms with van der Waals surface area (Å²) >= 11 is 1.64. The highest BCUT2D eigenvalue weighted by Gasteiger charge is 2.25. The Bertz CT molecular complexity index is 607. The van der Waals surface area contributed by atoms with Gasteiger partial charge in [-0.1, -0.05) is 30.3 Å².